The fraction of sp³-hybridized carbons (Fsp3) is 0.697. The lowest BCUT2D eigenvalue weighted by atomic mass is 9.78. The number of benzene rings is 1. The molecule has 4 unspecified atom stereocenters. The van der Waals surface area contributed by atoms with Gasteiger partial charge in [0.05, 0.1) is 11.5 Å². The predicted octanol–water partition coefficient (Wildman–Crippen LogP) is 5.73. The average molecular weight is 586 g/mol. The molecule has 0 spiro atoms. The minimum absolute atomic E-state index is 0.0236. The second kappa shape index (κ2) is 9.55. The van der Waals surface area contributed by atoms with Crippen LogP contribution in [0.3, 0.4) is 0 Å². The second-order valence-corrected chi connectivity index (χ2v) is 14.3. The lowest BCUT2D eigenvalue weighted by Crippen LogP contribution is -2.46. The van der Waals surface area contributed by atoms with Gasteiger partial charge in [0.2, 0.25) is 0 Å². The minimum atomic E-state index is -2.83. The number of aliphatic hydroxyl groups is 1. The topological polar surface area (TPSA) is 72.1 Å². The molecule has 6 aliphatic rings. The predicted molar refractivity (Wildman–Crippen MR) is 153 cm³/mol. The lowest BCUT2D eigenvalue weighted by molar-refractivity contribution is -0.0399. The number of nitrogens with zero attached hydrogens (tertiary/aromatic N) is 3. The summed E-state index contributed by atoms with van der Waals surface area (Å²) in [6.45, 7) is 4.49. The summed E-state index contributed by atoms with van der Waals surface area (Å²) in [7, 11) is 0. The molecule has 4 aliphatic carbocycles. The summed E-state index contributed by atoms with van der Waals surface area (Å²) < 4.78 is 43.6. The molecule has 0 amide bonds. The molecule has 6 nitrogen and oxygen atoms in total. The molecule has 2 aromatic rings. The van der Waals surface area contributed by atoms with Crippen molar-refractivity contribution in [2.75, 3.05) is 31.1 Å². The van der Waals surface area contributed by atoms with Crippen LogP contribution in [0.25, 0.3) is 0 Å². The SMILES string of the molecule is Oc1c2c(c(O)n1C[C@@H]1CCCC[C@H]1CN1CCC(N3CCc4ccc(F)cc43)CC1)C1CC2CC1(O)C1CC1(F)F. The summed E-state index contributed by atoms with van der Waals surface area (Å²) in [6, 6.07) is 5.61. The lowest BCUT2D eigenvalue weighted by Gasteiger charge is -2.41. The molecule has 1 aromatic heterocycles. The van der Waals surface area contributed by atoms with E-state index >= 15 is 0 Å². The van der Waals surface area contributed by atoms with Crippen LogP contribution in [0, 0.1) is 23.6 Å². The third kappa shape index (κ3) is 4.12. The van der Waals surface area contributed by atoms with Crippen LogP contribution in [0.1, 0.15) is 86.3 Å². The number of piperidine rings is 1. The highest BCUT2D eigenvalue weighted by molar-refractivity contribution is 5.59. The molecule has 228 valence electrons. The molecule has 8 rings (SSSR count). The zero-order chi connectivity index (χ0) is 29.0. The fourth-order valence-electron chi connectivity index (χ4n) is 9.89. The highest BCUT2D eigenvalue weighted by Crippen LogP contribution is 2.71. The highest BCUT2D eigenvalue weighted by atomic mass is 19.3. The fourth-order valence-corrected chi connectivity index (χ4v) is 9.89. The Hall–Kier alpha value is -2.39. The molecular formula is C33H42F3N3O3. The van der Waals surface area contributed by atoms with E-state index in [0.717, 1.165) is 70.4 Å². The van der Waals surface area contributed by atoms with E-state index in [1.165, 1.54) is 12.0 Å². The molecule has 3 saturated carbocycles. The number of anilines is 1. The van der Waals surface area contributed by atoms with Crippen molar-refractivity contribution in [2.24, 2.45) is 17.8 Å². The van der Waals surface area contributed by atoms with Gasteiger partial charge in [-0.25, -0.2) is 13.2 Å². The molecule has 3 heterocycles. The van der Waals surface area contributed by atoms with Crippen LogP contribution in [0.4, 0.5) is 18.9 Å². The van der Waals surface area contributed by atoms with Gasteiger partial charge in [0.1, 0.15) is 5.82 Å². The van der Waals surface area contributed by atoms with Crippen molar-refractivity contribution >= 4 is 5.69 Å². The van der Waals surface area contributed by atoms with E-state index in [2.05, 4.69) is 9.80 Å². The Balaban J connectivity index is 0.940. The minimum Gasteiger partial charge on any atom is -0.494 e. The number of hydrogen-bond donors (Lipinski definition) is 3. The average Bonchev–Trinajstić information content (AvgIpc) is 3.34. The molecule has 4 fully saturated rings. The van der Waals surface area contributed by atoms with Gasteiger partial charge in [-0.2, -0.15) is 0 Å². The molecule has 3 N–H and O–H groups in total. The number of rotatable bonds is 6. The summed E-state index contributed by atoms with van der Waals surface area (Å²) in [5.74, 6) is -3.96. The van der Waals surface area contributed by atoms with Gasteiger partial charge in [-0.1, -0.05) is 18.9 Å². The normalized spacial score (nSPS) is 35.5. The van der Waals surface area contributed by atoms with Crippen molar-refractivity contribution in [2.45, 2.75) is 100 Å². The van der Waals surface area contributed by atoms with Crippen LogP contribution in [0.15, 0.2) is 18.2 Å². The highest BCUT2D eigenvalue weighted by Gasteiger charge is 2.72. The van der Waals surface area contributed by atoms with Crippen LogP contribution in [-0.4, -0.2) is 68.5 Å². The molecule has 42 heavy (non-hydrogen) atoms. The van der Waals surface area contributed by atoms with Gasteiger partial charge in [0.25, 0.3) is 5.92 Å². The van der Waals surface area contributed by atoms with Gasteiger partial charge in [0.15, 0.2) is 11.8 Å². The Bertz CT molecular complexity index is 1390. The van der Waals surface area contributed by atoms with Gasteiger partial charge in [-0.15, -0.1) is 0 Å². The summed E-state index contributed by atoms with van der Waals surface area (Å²) >= 11 is 0. The first-order chi connectivity index (χ1) is 20.1. The zero-order valence-electron chi connectivity index (χ0n) is 24.1. The molecule has 2 aliphatic heterocycles. The van der Waals surface area contributed by atoms with Crippen LogP contribution in [0.5, 0.6) is 11.8 Å². The standard InChI is InChI=1S/C33H42F3N3O3/c34-23-6-5-19-7-12-38(26(19)14-23)24-8-10-37(11-9-24)17-20-3-1-2-4-21(20)18-39-30(40)28-22-13-25(29(28)31(39)41)32(42,15-22)27-16-33(27,35)36/h5-6,14,20-22,24-25,27,40-42H,1-4,7-13,15-18H2/t20-,21-,22?,25?,27?,32?/m0/s1. The maximum absolute atomic E-state index is 14.0. The van der Waals surface area contributed by atoms with E-state index in [1.807, 2.05) is 6.07 Å². The van der Waals surface area contributed by atoms with E-state index in [1.54, 1.807) is 16.7 Å². The van der Waals surface area contributed by atoms with Crippen LogP contribution < -0.4 is 4.90 Å². The largest absolute Gasteiger partial charge is 0.494 e. The summed E-state index contributed by atoms with van der Waals surface area (Å²) in [5.41, 5.74) is 2.02. The Morgan fingerprint density at radius 2 is 1.57 bits per heavy atom. The van der Waals surface area contributed by atoms with Crippen molar-refractivity contribution in [3.05, 3.63) is 40.7 Å². The summed E-state index contributed by atoms with van der Waals surface area (Å²) in [4.78, 5) is 4.97. The molecule has 1 aromatic carbocycles. The van der Waals surface area contributed by atoms with E-state index < -0.39 is 23.4 Å². The van der Waals surface area contributed by atoms with Crippen molar-refractivity contribution in [3.63, 3.8) is 0 Å². The Labute approximate surface area is 245 Å². The van der Waals surface area contributed by atoms with Gasteiger partial charge in [0, 0.05) is 67.9 Å². The Morgan fingerprint density at radius 3 is 2.29 bits per heavy atom. The van der Waals surface area contributed by atoms with Crippen LogP contribution in [-0.2, 0) is 13.0 Å². The second-order valence-electron chi connectivity index (χ2n) is 14.3. The van der Waals surface area contributed by atoms with E-state index in [-0.39, 0.29) is 36.3 Å². The van der Waals surface area contributed by atoms with Crippen LogP contribution in [0.2, 0.25) is 0 Å². The monoisotopic (exact) mass is 585 g/mol. The van der Waals surface area contributed by atoms with Crippen LogP contribution >= 0.6 is 0 Å². The summed E-state index contributed by atoms with van der Waals surface area (Å²) in [5, 5.41) is 33.9. The Kier molecular flexibility index (Phi) is 6.18. The van der Waals surface area contributed by atoms with Gasteiger partial charge < -0.3 is 25.1 Å². The number of aromatic hydroxyl groups is 2. The quantitative estimate of drug-likeness (QED) is 0.404. The van der Waals surface area contributed by atoms with Crippen molar-refractivity contribution in [1.82, 2.24) is 9.47 Å². The first kappa shape index (κ1) is 27.2. The molecule has 9 heteroatoms. The summed E-state index contributed by atoms with van der Waals surface area (Å²) in [6.07, 6.45) is 8.03. The third-order valence-electron chi connectivity index (χ3n) is 12.1. The van der Waals surface area contributed by atoms with E-state index in [4.69, 9.17) is 0 Å². The molecular weight excluding hydrogens is 543 g/mol. The maximum Gasteiger partial charge on any atom is 0.254 e. The first-order valence-corrected chi connectivity index (χ1v) is 16.2. The van der Waals surface area contributed by atoms with Crippen molar-refractivity contribution in [3.8, 4) is 11.8 Å². The molecule has 2 bridgehead atoms. The molecule has 1 saturated heterocycles. The number of likely N-dealkylation sites (tertiary alicyclic amines) is 1. The number of fused-ring (bicyclic) bond motifs is 6. The number of halogens is 3. The Morgan fingerprint density at radius 1 is 0.881 bits per heavy atom. The number of alkyl halides is 2. The molecule has 6 atom stereocenters. The van der Waals surface area contributed by atoms with Crippen molar-refractivity contribution < 1.29 is 28.5 Å². The van der Waals surface area contributed by atoms with Gasteiger partial charge >= 0.3 is 0 Å². The van der Waals surface area contributed by atoms with Gasteiger partial charge in [-0.05, 0) is 80.4 Å². The first-order valence-electron chi connectivity index (χ1n) is 16.2. The zero-order valence-corrected chi connectivity index (χ0v) is 24.1. The number of hydrogen-bond acceptors (Lipinski definition) is 5. The van der Waals surface area contributed by atoms with Gasteiger partial charge in [-0.3, -0.25) is 4.57 Å². The van der Waals surface area contributed by atoms with Crippen molar-refractivity contribution in [1.29, 1.82) is 0 Å². The van der Waals surface area contributed by atoms with E-state index in [0.29, 0.717) is 42.0 Å². The smallest absolute Gasteiger partial charge is 0.254 e. The maximum atomic E-state index is 14.0. The third-order valence-corrected chi connectivity index (χ3v) is 12.1. The number of aromatic nitrogens is 1. The van der Waals surface area contributed by atoms with E-state index in [9.17, 15) is 28.5 Å². The molecule has 0 radical (unpaired) electrons.